The highest BCUT2D eigenvalue weighted by Crippen LogP contribution is 2.72. The molecule has 416 valence electrons. The zero-order valence-corrected chi connectivity index (χ0v) is 47.5. The van der Waals surface area contributed by atoms with E-state index in [-0.39, 0.29) is 58.1 Å². The van der Waals surface area contributed by atoms with Crippen molar-refractivity contribution < 1.29 is 46.5 Å². The minimum absolute atomic E-state index is 0.00915. The van der Waals surface area contributed by atoms with Crippen LogP contribution in [-0.4, -0.2) is 71.0 Å². The number of hydrogen-bond acceptors (Lipinski definition) is 11. The van der Waals surface area contributed by atoms with Crippen LogP contribution >= 0.6 is 0 Å². The molecule has 0 aromatic heterocycles. The number of benzene rings is 1. The van der Waals surface area contributed by atoms with Gasteiger partial charge in [0.05, 0.1) is 11.5 Å². The number of sulfone groups is 1. The molecule has 8 fully saturated rings. The summed E-state index contributed by atoms with van der Waals surface area (Å²) in [5.41, 5.74) is 7.69. The number of carbonyl (C=O) groups is 4. The van der Waals surface area contributed by atoms with Gasteiger partial charge in [-0.3, -0.25) is 19.2 Å². The molecule has 12 heteroatoms. The molecule has 0 saturated heterocycles. The van der Waals surface area contributed by atoms with Gasteiger partial charge < -0.3 is 24.7 Å². The van der Waals surface area contributed by atoms with Crippen LogP contribution in [0.2, 0.25) is 0 Å². The molecular weight excluding hydrogens is 951 g/mol. The molecule has 1 aromatic rings. The van der Waals surface area contributed by atoms with Gasteiger partial charge in [0.2, 0.25) is 0 Å². The third kappa shape index (κ3) is 10.5. The normalized spacial score (nSPS) is 43.9. The second-order valence-corrected chi connectivity index (χ2v) is 29.0. The van der Waals surface area contributed by atoms with Crippen molar-refractivity contribution in [3.63, 3.8) is 0 Å². The van der Waals surface area contributed by atoms with E-state index in [1.807, 2.05) is 30.3 Å². The number of fused-ring (bicyclic) bond motifs is 10. The molecule has 8 unspecified atom stereocenters. The molecule has 0 aliphatic heterocycles. The van der Waals surface area contributed by atoms with E-state index in [2.05, 4.69) is 55.4 Å². The summed E-state index contributed by atoms with van der Waals surface area (Å²) in [6.07, 6.45) is 20.1. The van der Waals surface area contributed by atoms with E-state index in [4.69, 9.17) is 24.7 Å². The number of nitrogens with two attached hydrogens (primary N) is 1. The van der Waals surface area contributed by atoms with Crippen LogP contribution in [0.3, 0.4) is 0 Å². The van der Waals surface area contributed by atoms with Crippen LogP contribution in [0.4, 0.5) is 0 Å². The Hall–Kier alpha value is -2.99. The molecule has 0 bridgehead atoms. The van der Waals surface area contributed by atoms with E-state index in [0.29, 0.717) is 109 Å². The smallest absolute Gasteiger partial charge is 0.293 e. The summed E-state index contributed by atoms with van der Waals surface area (Å²) in [6, 6.07) is 9.48. The van der Waals surface area contributed by atoms with Gasteiger partial charge in [0, 0.05) is 11.8 Å². The summed E-state index contributed by atoms with van der Waals surface area (Å²) in [4.78, 5) is 45.9. The maximum Gasteiger partial charge on any atom is 0.293 e. The van der Waals surface area contributed by atoms with Crippen molar-refractivity contribution in [3.05, 3.63) is 35.9 Å². The standard InChI is InChI=1S/C35H52O6S.C27H45NO4/c1-5-27-31-20-26(40-22-36)15-17-35(31,4)30-16-18-34(3)28(13-14-29(34)32(30)33(27)41-23-37)24(2)10-9-19-42(38,39)21-25-11-7-6-8-12-25;1-5-19-23-14-18(31-15-29)8-11-27(23,4)22-9-12-26(3)20(17(2)10-13-28)6-7-21(26)24(22)25(19)32-16-30/h6-8,11-12,22-24,26-33H,5,9-10,13-21H2,1-4H3;15-25H,5-14,28H2,1-4H3/t24-,26-,27-,28?,29+,30+,31?,32+,33-,34?,35?;17-,18-,19-,20?,21+,22+,23?,24+,25-,26?,27?/m11/s1. The lowest BCUT2D eigenvalue weighted by atomic mass is 9.41. The molecule has 0 amide bonds. The molecule has 22 atom stereocenters. The highest BCUT2D eigenvalue weighted by molar-refractivity contribution is 7.90. The van der Waals surface area contributed by atoms with Crippen LogP contribution in [0.25, 0.3) is 0 Å². The van der Waals surface area contributed by atoms with Crippen LogP contribution in [0.5, 0.6) is 0 Å². The second-order valence-electron chi connectivity index (χ2n) is 26.8. The van der Waals surface area contributed by atoms with Gasteiger partial charge in [-0.05, 0) is 227 Å². The third-order valence-corrected chi connectivity index (χ3v) is 25.8. The van der Waals surface area contributed by atoms with Crippen LogP contribution in [0.1, 0.15) is 183 Å². The highest BCUT2D eigenvalue weighted by atomic mass is 32.2. The third-order valence-electron chi connectivity index (χ3n) is 24.1. The summed E-state index contributed by atoms with van der Waals surface area (Å²) in [6.45, 7) is 22.6. The Bertz CT molecular complexity index is 2160. The van der Waals surface area contributed by atoms with Crippen LogP contribution in [-0.2, 0) is 53.7 Å². The van der Waals surface area contributed by atoms with E-state index < -0.39 is 9.84 Å². The Morgan fingerprint density at radius 3 is 1.41 bits per heavy atom. The highest BCUT2D eigenvalue weighted by Gasteiger charge is 2.68. The monoisotopic (exact) mass is 1050 g/mol. The number of rotatable bonds is 20. The topological polar surface area (TPSA) is 165 Å². The van der Waals surface area contributed by atoms with Crippen molar-refractivity contribution in [2.24, 2.45) is 110 Å². The molecule has 8 saturated carbocycles. The van der Waals surface area contributed by atoms with E-state index in [1.165, 1.54) is 38.5 Å². The summed E-state index contributed by atoms with van der Waals surface area (Å²) >= 11 is 0. The zero-order valence-electron chi connectivity index (χ0n) is 46.7. The Kier molecular flexibility index (Phi) is 18.2. The second kappa shape index (κ2) is 23.5. The lowest BCUT2D eigenvalue weighted by molar-refractivity contribution is -0.213. The predicted molar refractivity (Wildman–Crippen MR) is 288 cm³/mol. The van der Waals surface area contributed by atoms with Gasteiger partial charge in [0.15, 0.2) is 9.84 Å². The maximum atomic E-state index is 12.8. The lowest BCUT2D eigenvalue weighted by Gasteiger charge is -2.65. The molecule has 2 N–H and O–H groups in total. The van der Waals surface area contributed by atoms with Crippen LogP contribution < -0.4 is 5.73 Å². The molecule has 0 spiro atoms. The van der Waals surface area contributed by atoms with Gasteiger partial charge in [-0.2, -0.15) is 0 Å². The molecular formula is C62H97NO10S. The summed E-state index contributed by atoms with van der Waals surface area (Å²) < 4.78 is 48.7. The van der Waals surface area contributed by atoms with Crippen molar-refractivity contribution in [2.45, 2.75) is 208 Å². The molecule has 0 radical (unpaired) electrons. The predicted octanol–water partition coefficient (Wildman–Crippen LogP) is 12.0. The Balaban J connectivity index is 0.000000204. The molecule has 8 aliphatic carbocycles. The van der Waals surface area contributed by atoms with Crippen molar-refractivity contribution in [1.29, 1.82) is 0 Å². The fourth-order valence-electron chi connectivity index (χ4n) is 20.9. The van der Waals surface area contributed by atoms with Crippen LogP contribution in [0.15, 0.2) is 30.3 Å². The lowest BCUT2D eigenvalue weighted by Crippen LogP contribution is -2.62. The van der Waals surface area contributed by atoms with Gasteiger partial charge in [-0.25, -0.2) is 8.42 Å². The van der Waals surface area contributed by atoms with Gasteiger partial charge in [-0.15, -0.1) is 0 Å². The quantitative estimate of drug-likeness (QED) is 0.0976. The summed E-state index contributed by atoms with van der Waals surface area (Å²) in [7, 11) is -3.13. The average molecular weight is 1050 g/mol. The van der Waals surface area contributed by atoms with Crippen molar-refractivity contribution in [1.82, 2.24) is 0 Å². The average Bonchev–Trinajstić information content (AvgIpc) is 3.92. The van der Waals surface area contributed by atoms with E-state index >= 15 is 0 Å². The first-order valence-electron chi connectivity index (χ1n) is 29.7. The van der Waals surface area contributed by atoms with E-state index in [1.54, 1.807) is 0 Å². The first-order valence-corrected chi connectivity index (χ1v) is 31.6. The Morgan fingerprint density at radius 1 is 0.568 bits per heavy atom. The molecule has 9 rings (SSSR count). The first kappa shape index (κ1) is 57.2. The molecule has 1 aromatic carbocycles. The SMILES string of the molecule is CC[C@@H]1C2C[C@H](OC=O)CCC2(C)[C@H]2CCC3(C)C([C@H](C)CCCS(=O)(=O)Cc4ccccc4)CC[C@H]3[C@@H]2[C@@H]1OC=O.CC[C@@H]1C2C[C@H](OC=O)CCC2(C)[C@H]2CCC3(C)C([C@H](C)CCN)CC[C@H]3[C@@H]2[C@@H]1OC=O. The number of ether oxygens (including phenoxy) is 4. The number of carbonyl (C=O) groups excluding carboxylic acids is 4. The minimum atomic E-state index is -3.13. The Labute approximate surface area is 446 Å². The number of hydrogen-bond donors (Lipinski definition) is 1. The first-order chi connectivity index (χ1) is 35.4. The maximum absolute atomic E-state index is 12.8. The molecule has 74 heavy (non-hydrogen) atoms. The molecule has 11 nitrogen and oxygen atoms in total. The van der Waals surface area contributed by atoms with E-state index in [9.17, 15) is 27.6 Å². The van der Waals surface area contributed by atoms with E-state index in [0.717, 1.165) is 95.1 Å². The van der Waals surface area contributed by atoms with Gasteiger partial charge in [0.25, 0.3) is 25.9 Å². The van der Waals surface area contributed by atoms with Crippen molar-refractivity contribution >= 4 is 35.7 Å². The van der Waals surface area contributed by atoms with Crippen molar-refractivity contribution in [3.8, 4) is 0 Å². The fraction of sp³-hybridized carbons (Fsp3) is 0.839. The molecule has 8 aliphatic rings. The Morgan fingerprint density at radius 2 is 0.986 bits per heavy atom. The minimum Gasteiger partial charge on any atom is -0.465 e. The van der Waals surface area contributed by atoms with Crippen LogP contribution in [0, 0.1) is 105 Å². The van der Waals surface area contributed by atoms with Gasteiger partial charge >= 0.3 is 0 Å². The van der Waals surface area contributed by atoms with Gasteiger partial charge in [-0.1, -0.05) is 85.7 Å². The summed E-state index contributed by atoms with van der Waals surface area (Å²) in [5.74, 6) is 7.19. The largest absolute Gasteiger partial charge is 0.465 e. The van der Waals surface area contributed by atoms with Crippen molar-refractivity contribution in [2.75, 3.05) is 12.3 Å². The zero-order chi connectivity index (χ0) is 53.2. The molecule has 0 heterocycles. The summed E-state index contributed by atoms with van der Waals surface area (Å²) in [5, 5.41) is 0. The van der Waals surface area contributed by atoms with Gasteiger partial charge in [0.1, 0.15) is 24.4 Å². The fourth-order valence-corrected chi connectivity index (χ4v) is 22.3.